The number of likely N-dealkylation sites (tertiary alicyclic amines) is 1. The average Bonchev–Trinajstić information content (AvgIpc) is 2.70. The lowest BCUT2D eigenvalue weighted by Crippen LogP contribution is -2.38. The van der Waals surface area contributed by atoms with Crippen molar-refractivity contribution in [2.45, 2.75) is 31.7 Å². The summed E-state index contributed by atoms with van der Waals surface area (Å²) in [5, 5.41) is 13.1. The van der Waals surface area contributed by atoms with Gasteiger partial charge in [-0.25, -0.2) is 0 Å². The van der Waals surface area contributed by atoms with Gasteiger partial charge in [-0.3, -0.25) is 0 Å². The molecule has 4 heteroatoms. The van der Waals surface area contributed by atoms with E-state index in [2.05, 4.69) is 23.2 Å². The van der Waals surface area contributed by atoms with Crippen LogP contribution in [0, 0.1) is 11.3 Å². The van der Waals surface area contributed by atoms with Crippen molar-refractivity contribution in [3.8, 4) is 11.8 Å². The molecule has 2 rings (SSSR count). The van der Waals surface area contributed by atoms with E-state index in [1.165, 1.54) is 0 Å². The van der Waals surface area contributed by atoms with E-state index in [1.54, 1.807) is 7.11 Å². The Labute approximate surface area is 121 Å². The minimum Gasteiger partial charge on any atom is -0.495 e. The summed E-state index contributed by atoms with van der Waals surface area (Å²) in [7, 11) is 1.66. The molecule has 0 aliphatic carbocycles. The third-order valence-electron chi connectivity index (χ3n) is 4.07. The standard InChI is InChI=1S/C16H23N3O/c1-3-19-11-6-9-16(13-17,10-12-19)18-14-7-4-5-8-15(14)20-2/h4-5,7-8,18H,3,6,9-12H2,1-2H3. The number of methoxy groups -OCH3 is 1. The largest absolute Gasteiger partial charge is 0.495 e. The number of nitrogens with one attached hydrogen (secondary N) is 1. The van der Waals surface area contributed by atoms with Crippen LogP contribution < -0.4 is 10.1 Å². The maximum Gasteiger partial charge on any atom is 0.141 e. The van der Waals surface area contributed by atoms with Crippen LogP contribution in [0.4, 0.5) is 5.69 Å². The van der Waals surface area contributed by atoms with Gasteiger partial charge < -0.3 is 15.0 Å². The van der Waals surface area contributed by atoms with E-state index < -0.39 is 5.54 Å². The molecule has 0 radical (unpaired) electrons. The molecule has 1 fully saturated rings. The summed E-state index contributed by atoms with van der Waals surface area (Å²) >= 11 is 0. The van der Waals surface area contributed by atoms with Crippen molar-refractivity contribution < 1.29 is 4.74 Å². The van der Waals surface area contributed by atoms with Crippen LogP contribution in [0.3, 0.4) is 0 Å². The highest BCUT2D eigenvalue weighted by Gasteiger charge is 2.33. The smallest absolute Gasteiger partial charge is 0.141 e. The van der Waals surface area contributed by atoms with Crippen LogP contribution in [0.25, 0.3) is 0 Å². The average molecular weight is 273 g/mol. The molecule has 0 aromatic heterocycles. The Balaban J connectivity index is 2.17. The molecule has 1 aromatic carbocycles. The van der Waals surface area contributed by atoms with Crippen molar-refractivity contribution in [3.63, 3.8) is 0 Å². The number of nitrogens with zero attached hydrogens (tertiary/aromatic N) is 2. The molecule has 1 aliphatic heterocycles. The zero-order valence-electron chi connectivity index (χ0n) is 12.4. The fourth-order valence-electron chi connectivity index (χ4n) is 2.78. The van der Waals surface area contributed by atoms with Crippen molar-refractivity contribution in [1.82, 2.24) is 4.90 Å². The number of ether oxygens (including phenoxy) is 1. The Bertz CT molecular complexity index is 483. The number of nitriles is 1. The summed E-state index contributed by atoms with van der Waals surface area (Å²) in [6, 6.07) is 10.3. The number of hydrogen-bond acceptors (Lipinski definition) is 4. The normalized spacial score (nSPS) is 23.6. The van der Waals surface area contributed by atoms with Gasteiger partial charge in [0.05, 0.1) is 18.9 Å². The molecule has 20 heavy (non-hydrogen) atoms. The number of rotatable bonds is 4. The van der Waals surface area contributed by atoms with Gasteiger partial charge in [0, 0.05) is 6.54 Å². The molecule has 1 unspecified atom stereocenters. The highest BCUT2D eigenvalue weighted by atomic mass is 16.5. The van der Waals surface area contributed by atoms with Crippen molar-refractivity contribution in [3.05, 3.63) is 24.3 Å². The Morgan fingerprint density at radius 2 is 2.15 bits per heavy atom. The fraction of sp³-hybridized carbons (Fsp3) is 0.562. The van der Waals surface area contributed by atoms with Crippen LogP contribution in [-0.2, 0) is 0 Å². The first-order valence-corrected chi connectivity index (χ1v) is 7.28. The van der Waals surface area contributed by atoms with E-state index in [4.69, 9.17) is 4.74 Å². The first-order chi connectivity index (χ1) is 9.73. The van der Waals surface area contributed by atoms with Gasteiger partial charge in [0.2, 0.25) is 0 Å². The first kappa shape index (κ1) is 14.7. The zero-order chi connectivity index (χ0) is 14.4. The van der Waals surface area contributed by atoms with Gasteiger partial charge >= 0.3 is 0 Å². The molecule has 108 valence electrons. The van der Waals surface area contributed by atoms with Crippen molar-refractivity contribution in [2.75, 3.05) is 32.1 Å². The maximum atomic E-state index is 9.68. The second-order valence-electron chi connectivity index (χ2n) is 5.31. The fourth-order valence-corrected chi connectivity index (χ4v) is 2.78. The Morgan fingerprint density at radius 1 is 1.35 bits per heavy atom. The summed E-state index contributed by atoms with van der Waals surface area (Å²) < 4.78 is 5.37. The zero-order valence-corrected chi connectivity index (χ0v) is 12.4. The van der Waals surface area contributed by atoms with Crippen LogP contribution in [0.2, 0.25) is 0 Å². The van der Waals surface area contributed by atoms with Crippen LogP contribution >= 0.6 is 0 Å². The first-order valence-electron chi connectivity index (χ1n) is 7.28. The summed E-state index contributed by atoms with van der Waals surface area (Å²) in [5.41, 5.74) is 0.417. The predicted molar refractivity (Wildman–Crippen MR) is 80.9 cm³/mol. The molecule has 1 aromatic rings. The van der Waals surface area contributed by atoms with Gasteiger partial charge in [-0.05, 0) is 44.5 Å². The van der Waals surface area contributed by atoms with E-state index in [0.717, 1.165) is 50.3 Å². The lowest BCUT2D eigenvalue weighted by atomic mass is 9.91. The number of hydrogen-bond donors (Lipinski definition) is 1. The van der Waals surface area contributed by atoms with E-state index in [0.29, 0.717) is 0 Å². The Morgan fingerprint density at radius 3 is 2.85 bits per heavy atom. The minimum atomic E-state index is -0.488. The highest BCUT2D eigenvalue weighted by Crippen LogP contribution is 2.31. The summed E-state index contributed by atoms with van der Waals surface area (Å²) in [4.78, 5) is 2.41. The predicted octanol–water partition coefficient (Wildman–Crippen LogP) is 2.88. The molecule has 0 saturated carbocycles. The molecule has 1 N–H and O–H groups in total. The van der Waals surface area contributed by atoms with Crippen LogP contribution in [0.1, 0.15) is 26.2 Å². The van der Waals surface area contributed by atoms with Gasteiger partial charge in [-0.1, -0.05) is 19.1 Å². The molecule has 0 bridgehead atoms. The molecule has 1 atom stereocenters. The second kappa shape index (κ2) is 6.62. The van der Waals surface area contributed by atoms with Crippen molar-refractivity contribution >= 4 is 5.69 Å². The summed E-state index contributed by atoms with van der Waals surface area (Å²) in [6.07, 6.45) is 2.76. The minimum absolute atomic E-state index is 0.488. The molecule has 0 amide bonds. The Hall–Kier alpha value is -1.73. The third kappa shape index (κ3) is 3.23. The number of para-hydroxylation sites is 2. The van der Waals surface area contributed by atoms with E-state index in [9.17, 15) is 5.26 Å². The quantitative estimate of drug-likeness (QED) is 0.916. The molecular weight excluding hydrogens is 250 g/mol. The van der Waals surface area contributed by atoms with E-state index in [1.807, 2.05) is 24.3 Å². The number of benzene rings is 1. The molecular formula is C16H23N3O. The monoisotopic (exact) mass is 273 g/mol. The maximum absolute atomic E-state index is 9.68. The molecule has 1 saturated heterocycles. The van der Waals surface area contributed by atoms with Gasteiger partial charge in [0.1, 0.15) is 11.3 Å². The molecule has 1 heterocycles. The SMILES string of the molecule is CCN1CCCC(C#N)(Nc2ccccc2OC)CC1. The van der Waals surface area contributed by atoms with E-state index >= 15 is 0 Å². The topological polar surface area (TPSA) is 48.3 Å². The van der Waals surface area contributed by atoms with Gasteiger partial charge in [-0.15, -0.1) is 0 Å². The molecule has 4 nitrogen and oxygen atoms in total. The lowest BCUT2D eigenvalue weighted by Gasteiger charge is -2.28. The van der Waals surface area contributed by atoms with Gasteiger partial charge in [0.15, 0.2) is 0 Å². The van der Waals surface area contributed by atoms with Gasteiger partial charge in [-0.2, -0.15) is 5.26 Å². The van der Waals surface area contributed by atoms with Gasteiger partial charge in [0.25, 0.3) is 0 Å². The Kier molecular flexibility index (Phi) is 4.86. The number of anilines is 1. The van der Waals surface area contributed by atoms with Crippen LogP contribution in [0.5, 0.6) is 5.75 Å². The lowest BCUT2D eigenvalue weighted by molar-refractivity contribution is 0.297. The van der Waals surface area contributed by atoms with Crippen molar-refractivity contribution in [1.29, 1.82) is 5.26 Å². The summed E-state index contributed by atoms with van der Waals surface area (Å²) in [6.45, 7) is 5.27. The summed E-state index contributed by atoms with van der Waals surface area (Å²) in [5.74, 6) is 0.790. The van der Waals surface area contributed by atoms with E-state index in [-0.39, 0.29) is 0 Å². The highest BCUT2D eigenvalue weighted by molar-refractivity contribution is 5.58. The van der Waals surface area contributed by atoms with Crippen LogP contribution in [-0.4, -0.2) is 37.2 Å². The van der Waals surface area contributed by atoms with Crippen molar-refractivity contribution in [2.24, 2.45) is 0 Å². The molecule has 0 spiro atoms. The van der Waals surface area contributed by atoms with Crippen LogP contribution in [0.15, 0.2) is 24.3 Å². The third-order valence-corrected chi connectivity index (χ3v) is 4.07. The second-order valence-corrected chi connectivity index (χ2v) is 5.31. The molecule has 1 aliphatic rings.